The summed E-state index contributed by atoms with van der Waals surface area (Å²) in [6, 6.07) is 10.0. The smallest absolute Gasteiger partial charge is 0.121 e. The van der Waals surface area contributed by atoms with Crippen LogP contribution >= 0.6 is 0 Å². The molecule has 5 nitrogen and oxygen atoms in total. The Morgan fingerprint density at radius 3 is 2.47 bits per heavy atom. The number of hydrogen-bond acceptors (Lipinski definition) is 3. The zero-order chi connectivity index (χ0) is 14.1. The van der Waals surface area contributed by atoms with Crippen molar-refractivity contribution in [2.75, 3.05) is 13.1 Å². The maximum Gasteiger partial charge on any atom is 0.121 e. The summed E-state index contributed by atoms with van der Waals surface area (Å²) in [6.45, 7) is 5.40. The van der Waals surface area contributed by atoms with Gasteiger partial charge in [0.05, 0.1) is 6.07 Å². The van der Waals surface area contributed by atoms with Crippen molar-refractivity contribution in [3.05, 3.63) is 45.8 Å². The number of azide groups is 1. The first-order valence-electron chi connectivity index (χ1n) is 6.42. The van der Waals surface area contributed by atoms with Crippen LogP contribution in [0.4, 0.5) is 0 Å². The summed E-state index contributed by atoms with van der Waals surface area (Å²) in [6.07, 6.45) is 0.728. The first-order valence-corrected chi connectivity index (χ1v) is 6.42. The van der Waals surface area contributed by atoms with Crippen molar-refractivity contribution in [3.8, 4) is 6.07 Å². The van der Waals surface area contributed by atoms with Crippen LogP contribution in [0.5, 0.6) is 0 Å². The second kappa shape index (κ2) is 8.15. The van der Waals surface area contributed by atoms with Gasteiger partial charge in [-0.05, 0) is 35.5 Å². The molecule has 1 unspecified atom stereocenters. The standard InChI is InChI=1S/C14H19N5/c1-11(2)12-4-6-13(7-5-12)14(10-15)17-8-3-9-18-19-16/h4-7,11,14,17H,3,8-9H2,1-2H3. The van der Waals surface area contributed by atoms with E-state index in [1.807, 2.05) is 12.1 Å². The van der Waals surface area contributed by atoms with Crippen molar-refractivity contribution < 1.29 is 0 Å². The molecule has 1 aromatic carbocycles. The molecule has 1 atom stereocenters. The molecule has 1 aromatic rings. The Morgan fingerprint density at radius 1 is 1.32 bits per heavy atom. The summed E-state index contributed by atoms with van der Waals surface area (Å²) in [5, 5.41) is 15.8. The van der Waals surface area contributed by atoms with Crippen LogP contribution < -0.4 is 5.32 Å². The zero-order valence-corrected chi connectivity index (χ0v) is 11.4. The monoisotopic (exact) mass is 257 g/mol. The van der Waals surface area contributed by atoms with Gasteiger partial charge in [0.1, 0.15) is 6.04 Å². The number of hydrogen-bond donors (Lipinski definition) is 1. The van der Waals surface area contributed by atoms with E-state index in [1.54, 1.807) is 0 Å². The van der Waals surface area contributed by atoms with Crippen molar-refractivity contribution in [1.82, 2.24) is 5.32 Å². The highest BCUT2D eigenvalue weighted by atomic mass is 15.1. The van der Waals surface area contributed by atoms with Crippen LogP contribution in [0.3, 0.4) is 0 Å². The second-order valence-corrected chi connectivity index (χ2v) is 4.65. The van der Waals surface area contributed by atoms with Gasteiger partial charge in [0.15, 0.2) is 0 Å². The molecule has 1 N–H and O–H groups in total. The molecule has 0 aliphatic rings. The molecule has 0 aliphatic carbocycles. The fourth-order valence-electron chi connectivity index (χ4n) is 1.75. The lowest BCUT2D eigenvalue weighted by atomic mass is 9.99. The van der Waals surface area contributed by atoms with Gasteiger partial charge >= 0.3 is 0 Å². The molecule has 0 saturated carbocycles. The fourth-order valence-corrected chi connectivity index (χ4v) is 1.75. The summed E-state index contributed by atoms with van der Waals surface area (Å²) >= 11 is 0. The van der Waals surface area contributed by atoms with E-state index in [-0.39, 0.29) is 6.04 Å². The predicted octanol–water partition coefficient (Wildman–Crippen LogP) is 3.66. The summed E-state index contributed by atoms with van der Waals surface area (Å²) in [5.74, 6) is 0.492. The normalized spacial score (nSPS) is 11.7. The third-order valence-corrected chi connectivity index (χ3v) is 2.91. The number of benzene rings is 1. The Bertz CT molecular complexity index is 466. The van der Waals surface area contributed by atoms with Crippen LogP contribution in [0.2, 0.25) is 0 Å². The van der Waals surface area contributed by atoms with E-state index in [0.29, 0.717) is 19.0 Å². The number of nitrogens with one attached hydrogen (secondary N) is 1. The van der Waals surface area contributed by atoms with E-state index in [4.69, 9.17) is 10.8 Å². The Balaban J connectivity index is 2.55. The van der Waals surface area contributed by atoms with Gasteiger partial charge in [0.25, 0.3) is 0 Å². The topological polar surface area (TPSA) is 84.6 Å². The average Bonchev–Trinajstić information content (AvgIpc) is 2.43. The van der Waals surface area contributed by atoms with Crippen molar-refractivity contribution in [3.63, 3.8) is 0 Å². The molecule has 0 fully saturated rings. The highest BCUT2D eigenvalue weighted by Crippen LogP contribution is 2.18. The predicted molar refractivity (Wildman–Crippen MR) is 75.5 cm³/mol. The molecule has 100 valence electrons. The third kappa shape index (κ3) is 5.01. The van der Waals surface area contributed by atoms with E-state index < -0.39 is 0 Å². The Morgan fingerprint density at radius 2 is 1.95 bits per heavy atom. The first kappa shape index (κ1) is 15.0. The molecule has 0 aromatic heterocycles. The van der Waals surface area contributed by atoms with Gasteiger partial charge in [-0.25, -0.2) is 0 Å². The van der Waals surface area contributed by atoms with Crippen LogP contribution in [-0.4, -0.2) is 13.1 Å². The molecule has 0 radical (unpaired) electrons. The van der Waals surface area contributed by atoms with Crippen molar-refractivity contribution in [2.45, 2.75) is 32.2 Å². The molecular weight excluding hydrogens is 238 g/mol. The van der Waals surface area contributed by atoms with Gasteiger partial charge in [-0.15, -0.1) is 0 Å². The van der Waals surface area contributed by atoms with Gasteiger partial charge in [-0.1, -0.05) is 43.2 Å². The molecule has 0 bridgehead atoms. The summed E-state index contributed by atoms with van der Waals surface area (Å²) in [5.41, 5.74) is 10.4. The van der Waals surface area contributed by atoms with E-state index in [2.05, 4.69) is 47.4 Å². The lowest BCUT2D eigenvalue weighted by molar-refractivity contribution is 0.607. The van der Waals surface area contributed by atoms with Crippen molar-refractivity contribution in [2.24, 2.45) is 5.11 Å². The lowest BCUT2D eigenvalue weighted by Gasteiger charge is -2.13. The molecule has 5 heteroatoms. The van der Waals surface area contributed by atoms with Gasteiger partial charge < -0.3 is 0 Å². The maximum absolute atomic E-state index is 9.17. The molecule has 0 heterocycles. The lowest BCUT2D eigenvalue weighted by Crippen LogP contribution is -2.21. The van der Waals surface area contributed by atoms with Crippen molar-refractivity contribution >= 4 is 0 Å². The SMILES string of the molecule is CC(C)c1ccc(C(C#N)NCCCN=[N+]=[N-])cc1. The quantitative estimate of drug-likeness (QED) is 0.350. The molecule has 0 aliphatic heterocycles. The Labute approximate surface area is 113 Å². The van der Waals surface area contributed by atoms with E-state index >= 15 is 0 Å². The van der Waals surface area contributed by atoms with Crippen LogP contribution in [0, 0.1) is 11.3 Å². The van der Waals surface area contributed by atoms with Crippen LogP contribution in [0.25, 0.3) is 10.4 Å². The minimum Gasteiger partial charge on any atom is -0.298 e. The largest absolute Gasteiger partial charge is 0.298 e. The maximum atomic E-state index is 9.17. The Kier molecular flexibility index (Phi) is 6.45. The molecule has 0 saturated heterocycles. The molecule has 1 rings (SSSR count). The number of nitrogens with zero attached hydrogens (tertiary/aromatic N) is 4. The molecular formula is C14H19N5. The number of nitriles is 1. The highest BCUT2D eigenvalue weighted by Gasteiger charge is 2.09. The molecule has 0 amide bonds. The van der Waals surface area contributed by atoms with E-state index in [0.717, 1.165) is 12.0 Å². The Hall–Kier alpha value is -2.02. The summed E-state index contributed by atoms with van der Waals surface area (Å²) in [4.78, 5) is 2.69. The van der Waals surface area contributed by atoms with Crippen LogP contribution in [0.15, 0.2) is 29.4 Å². The number of rotatable bonds is 7. The first-order chi connectivity index (χ1) is 9.19. The van der Waals surface area contributed by atoms with Gasteiger partial charge in [-0.2, -0.15) is 5.26 Å². The zero-order valence-electron chi connectivity index (χ0n) is 11.4. The van der Waals surface area contributed by atoms with Crippen LogP contribution in [0.1, 0.15) is 43.4 Å². The minimum atomic E-state index is -0.313. The molecule has 0 spiro atoms. The van der Waals surface area contributed by atoms with Crippen LogP contribution in [-0.2, 0) is 0 Å². The van der Waals surface area contributed by atoms with E-state index in [9.17, 15) is 0 Å². The third-order valence-electron chi connectivity index (χ3n) is 2.91. The van der Waals surface area contributed by atoms with Gasteiger partial charge in [-0.3, -0.25) is 5.32 Å². The highest BCUT2D eigenvalue weighted by molar-refractivity contribution is 5.29. The fraction of sp³-hybridized carbons (Fsp3) is 0.500. The molecule has 19 heavy (non-hydrogen) atoms. The second-order valence-electron chi connectivity index (χ2n) is 4.65. The average molecular weight is 257 g/mol. The van der Waals surface area contributed by atoms with Gasteiger partial charge in [0, 0.05) is 11.5 Å². The summed E-state index contributed by atoms with van der Waals surface area (Å²) in [7, 11) is 0. The van der Waals surface area contributed by atoms with Crippen molar-refractivity contribution in [1.29, 1.82) is 5.26 Å². The summed E-state index contributed by atoms with van der Waals surface area (Å²) < 4.78 is 0. The van der Waals surface area contributed by atoms with Gasteiger partial charge in [0.2, 0.25) is 0 Å². The minimum absolute atomic E-state index is 0.313. The van der Waals surface area contributed by atoms with E-state index in [1.165, 1.54) is 5.56 Å².